The van der Waals surface area contributed by atoms with Gasteiger partial charge in [0.05, 0.1) is 4.47 Å². The number of halogens is 3. The minimum atomic E-state index is -0.848. The zero-order valence-corrected chi connectivity index (χ0v) is 11.2. The number of pyridine rings is 2. The first-order valence-electron chi connectivity index (χ1n) is 4.73. The third kappa shape index (κ3) is 2.77. The van der Waals surface area contributed by atoms with E-state index in [2.05, 4.69) is 31.3 Å². The van der Waals surface area contributed by atoms with Crippen molar-refractivity contribution in [2.24, 2.45) is 5.84 Å². The number of aromatic nitrogens is 2. The van der Waals surface area contributed by atoms with Crippen LogP contribution in [0.2, 0.25) is 0 Å². The molecule has 3 N–H and O–H groups in total. The van der Waals surface area contributed by atoms with Crippen molar-refractivity contribution in [2.45, 2.75) is 10.1 Å². The fraction of sp³-hybridized carbons (Fsp3) is 0. The molecule has 0 unspecified atom stereocenters. The van der Waals surface area contributed by atoms with E-state index < -0.39 is 11.6 Å². The van der Waals surface area contributed by atoms with Crippen molar-refractivity contribution in [1.82, 2.24) is 9.97 Å². The van der Waals surface area contributed by atoms with Crippen LogP contribution in [-0.4, -0.2) is 9.97 Å². The topological polar surface area (TPSA) is 63.8 Å². The van der Waals surface area contributed by atoms with Gasteiger partial charge in [-0.1, -0.05) is 0 Å². The summed E-state index contributed by atoms with van der Waals surface area (Å²) >= 11 is 4.25. The van der Waals surface area contributed by atoms with Crippen molar-refractivity contribution in [1.29, 1.82) is 0 Å². The van der Waals surface area contributed by atoms with E-state index in [4.69, 9.17) is 5.84 Å². The first-order valence-corrected chi connectivity index (χ1v) is 6.34. The molecule has 4 nitrogen and oxygen atoms in total. The number of nitrogens with two attached hydrogens (primary N) is 1. The molecule has 2 heterocycles. The number of hydrogen-bond acceptors (Lipinski definition) is 5. The molecule has 0 bridgehead atoms. The Balaban J connectivity index is 2.38. The summed E-state index contributed by atoms with van der Waals surface area (Å²) in [5.41, 5.74) is 2.07. The van der Waals surface area contributed by atoms with Crippen molar-refractivity contribution < 1.29 is 8.78 Å². The molecule has 2 aromatic heterocycles. The summed E-state index contributed by atoms with van der Waals surface area (Å²) in [5, 5.41) is 0.516. The third-order valence-electron chi connectivity index (χ3n) is 1.95. The molecule has 2 rings (SSSR count). The van der Waals surface area contributed by atoms with E-state index >= 15 is 0 Å². The number of rotatable bonds is 3. The van der Waals surface area contributed by atoms with Gasteiger partial charge in [-0.2, -0.15) is 0 Å². The van der Waals surface area contributed by atoms with Gasteiger partial charge in [0.1, 0.15) is 10.1 Å². The lowest BCUT2D eigenvalue weighted by Gasteiger charge is -2.06. The van der Waals surface area contributed by atoms with Crippen molar-refractivity contribution in [3.63, 3.8) is 0 Å². The van der Waals surface area contributed by atoms with Crippen LogP contribution in [0.4, 0.5) is 14.6 Å². The van der Waals surface area contributed by atoms with E-state index in [1.807, 2.05) is 0 Å². The standard InChI is InChI=1S/C10H7BrF2N4S/c11-5-2-1-3-15-9(5)18-10-7(13)4-6(12)8(16-10)17-14/h1-4H,14H2,(H,16,17). The van der Waals surface area contributed by atoms with E-state index in [0.29, 0.717) is 9.50 Å². The summed E-state index contributed by atoms with van der Waals surface area (Å²) in [5.74, 6) is 3.25. The van der Waals surface area contributed by atoms with Crippen LogP contribution in [0.15, 0.2) is 38.9 Å². The minimum Gasteiger partial charge on any atom is -0.306 e. The van der Waals surface area contributed by atoms with Crippen LogP contribution in [0.1, 0.15) is 0 Å². The predicted octanol–water partition coefficient (Wildman–Crippen LogP) is 2.95. The molecule has 2 aromatic rings. The van der Waals surface area contributed by atoms with Gasteiger partial charge in [-0.3, -0.25) is 0 Å². The van der Waals surface area contributed by atoms with E-state index in [-0.39, 0.29) is 10.8 Å². The largest absolute Gasteiger partial charge is 0.306 e. The predicted molar refractivity (Wildman–Crippen MR) is 68.0 cm³/mol. The van der Waals surface area contributed by atoms with Crippen molar-refractivity contribution in [3.05, 3.63) is 40.5 Å². The molecule has 0 aliphatic rings. The van der Waals surface area contributed by atoms with Crippen LogP contribution in [0.3, 0.4) is 0 Å². The lowest BCUT2D eigenvalue weighted by molar-refractivity contribution is 0.551. The maximum Gasteiger partial charge on any atom is 0.177 e. The molecule has 0 aliphatic carbocycles. The van der Waals surface area contributed by atoms with Gasteiger partial charge < -0.3 is 5.43 Å². The van der Waals surface area contributed by atoms with Gasteiger partial charge in [0.2, 0.25) is 0 Å². The van der Waals surface area contributed by atoms with E-state index in [1.165, 1.54) is 0 Å². The lowest BCUT2D eigenvalue weighted by atomic mass is 10.4. The Kier molecular flexibility index (Phi) is 4.10. The average Bonchev–Trinajstić information content (AvgIpc) is 2.35. The Labute approximate surface area is 114 Å². The highest BCUT2D eigenvalue weighted by molar-refractivity contribution is 9.10. The summed E-state index contributed by atoms with van der Waals surface area (Å²) in [6.45, 7) is 0. The van der Waals surface area contributed by atoms with Crippen LogP contribution in [0, 0.1) is 11.6 Å². The number of hydrazine groups is 1. The number of nitrogen functional groups attached to an aromatic ring is 1. The van der Waals surface area contributed by atoms with Crippen LogP contribution in [-0.2, 0) is 0 Å². The molecule has 0 saturated carbocycles. The summed E-state index contributed by atoms with van der Waals surface area (Å²) < 4.78 is 27.4. The Hall–Kier alpha value is -1.25. The van der Waals surface area contributed by atoms with Crippen LogP contribution in [0.25, 0.3) is 0 Å². The van der Waals surface area contributed by atoms with Crippen molar-refractivity contribution in [2.75, 3.05) is 5.43 Å². The molecule has 0 atom stereocenters. The second-order valence-electron chi connectivity index (χ2n) is 3.14. The average molecular weight is 333 g/mol. The molecule has 0 radical (unpaired) electrons. The van der Waals surface area contributed by atoms with Crippen molar-refractivity contribution in [3.8, 4) is 0 Å². The Morgan fingerprint density at radius 3 is 2.72 bits per heavy atom. The quantitative estimate of drug-likeness (QED) is 0.668. The number of nitrogens with zero attached hydrogens (tertiary/aromatic N) is 2. The van der Waals surface area contributed by atoms with Gasteiger partial charge >= 0.3 is 0 Å². The van der Waals surface area contributed by atoms with Gasteiger partial charge in [-0.15, -0.1) is 0 Å². The van der Waals surface area contributed by atoms with E-state index in [1.54, 1.807) is 18.3 Å². The van der Waals surface area contributed by atoms with Crippen LogP contribution >= 0.6 is 27.7 Å². The second-order valence-corrected chi connectivity index (χ2v) is 4.97. The zero-order valence-electron chi connectivity index (χ0n) is 8.82. The summed E-state index contributed by atoms with van der Waals surface area (Å²) in [6.07, 6.45) is 1.57. The molecule has 0 spiro atoms. The Morgan fingerprint density at radius 2 is 2.06 bits per heavy atom. The summed E-state index contributed by atoms with van der Waals surface area (Å²) in [7, 11) is 0. The van der Waals surface area contributed by atoms with Crippen LogP contribution < -0.4 is 11.3 Å². The SMILES string of the molecule is NNc1nc(Sc2ncccc2Br)c(F)cc1F. The molecule has 0 fully saturated rings. The van der Waals surface area contributed by atoms with Crippen LogP contribution in [0.5, 0.6) is 0 Å². The number of anilines is 1. The molecule has 0 aliphatic heterocycles. The van der Waals surface area contributed by atoms with Gasteiger partial charge in [-0.05, 0) is 39.8 Å². The molecule has 0 amide bonds. The second kappa shape index (κ2) is 5.59. The van der Waals surface area contributed by atoms with E-state index in [0.717, 1.165) is 17.8 Å². The Bertz CT molecular complexity index is 582. The first kappa shape index (κ1) is 13.2. The maximum atomic E-state index is 13.5. The monoisotopic (exact) mass is 332 g/mol. The fourth-order valence-corrected chi connectivity index (χ4v) is 2.41. The number of nitrogens with one attached hydrogen (secondary N) is 1. The smallest absolute Gasteiger partial charge is 0.177 e. The van der Waals surface area contributed by atoms with Crippen molar-refractivity contribution >= 4 is 33.5 Å². The lowest BCUT2D eigenvalue weighted by Crippen LogP contribution is -2.11. The summed E-state index contributed by atoms with van der Waals surface area (Å²) in [6, 6.07) is 4.22. The first-order chi connectivity index (χ1) is 8.61. The molecule has 94 valence electrons. The maximum absolute atomic E-state index is 13.5. The molecular formula is C10H7BrF2N4S. The van der Waals surface area contributed by atoms with Gasteiger partial charge in [-0.25, -0.2) is 24.6 Å². The highest BCUT2D eigenvalue weighted by atomic mass is 79.9. The molecule has 8 heteroatoms. The Morgan fingerprint density at radius 1 is 1.28 bits per heavy atom. The highest BCUT2D eigenvalue weighted by Crippen LogP contribution is 2.32. The zero-order chi connectivity index (χ0) is 13.1. The highest BCUT2D eigenvalue weighted by Gasteiger charge is 2.14. The van der Waals surface area contributed by atoms with Gasteiger partial charge in [0, 0.05) is 12.3 Å². The van der Waals surface area contributed by atoms with Gasteiger partial charge in [0.25, 0.3) is 0 Å². The van der Waals surface area contributed by atoms with Gasteiger partial charge in [0.15, 0.2) is 17.5 Å². The molecule has 18 heavy (non-hydrogen) atoms. The molecular weight excluding hydrogens is 326 g/mol. The summed E-state index contributed by atoms with van der Waals surface area (Å²) in [4.78, 5) is 7.80. The van der Waals surface area contributed by atoms with E-state index in [9.17, 15) is 8.78 Å². The molecule has 0 saturated heterocycles. The fourth-order valence-electron chi connectivity index (χ4n) is 1.16. The normalized spacial score (nSPS) is 10.4. The third-order valence-corrected chi connectivity index (χ3v) is 3.85. The number of hydrogen-bond donors (Lipinski definition) is 2. The minimum absolute atomic E-state index is 0.0104. The molecule has 0 aromatic carbocycles.